The van der Waals surface area contributed by atoms with E-state index in [0.717, 1.165) is 50.7 Å². The average Bonchev–Trinajstić information content (AvgIpc) is 3.72. The van der Waals surface area contributed by atoms with Gasteiger partial charge in [-0.2, -0.15) is 0 Å². The van der Waals surface area contributed by atoms with Crippen LogP contribution in [0.3, 0.4) is 0 Å². The maximum absolute atomic E-state index is 12.2. The van der Waals surface area contributed by atoms with Crippen molar-refractivity contribution < 1.29 is 33.3 Å². The Bertz CT molecular complexity index is 1400. The van der Waals surface area contributed by atoms with Crippen LogP contribution < -0.4 is 4.74 Å². The maximum Gasteiger partial charge on any atom is 0.311 e. The molecule has 0 radical (unpaired) electrons. The van der Waals surface area contributed by atoms with Gasteiger partial charge in [-0.25, -0.2) is 0 Å². The van der Waals surface area contributed by atoms with Gasteiger partial charge in [-0.15, -0.1) is 12.3 Å². The van der Waals surface area contributed by atoms with Crippen molar-refractivity contribution in [3.05, 3.63) is 71.1 Å². The highest BCUT2D eigenvalue weighted by atomic mass is 16.5. The number of esters is 2. The number of nitrogens with zero attached hydrogens (tertiary/aromatic N) is 1. The van der Waals surface area contributed by atoms with Crippen molar-refractivity contribution in [2.75, 3.05) is 20.3 Å². The Morgan fingerprint density at radius 1 is 1.00 bits per heavy atom. The average molecular weight is 746 g/mol. The Labute approximate surface area is 326 Å². The van der Waals surface area contributed by atoms with E-state index >= 15 is 0 Å². The summed E-state index contributed by atoms with van der Waals surface area (Å²) in [5.74, 6) is 3.47. The Balaban J connectivity index is 0.000000312. The van der Waals surface area contributed by atoms with Crippen molar-refractivity contribution in [3.8, 4) is 18.1 Å². The third kappa shape index (κ3) is 19.0. The minimum absolute atomic E-state index is 0.0837. The summed E-state index contributed by atoms with van der Waals surface area (Å²) in [4.78, 5) is 39.0. The SMILES string of the molecule is C#CCC1(C=O)CCOCC1.C/C=C\CCCC(=O)Oc1c(C)ncc(COC(=O)CCCC)c1COC.c1ccc(CCCCCC2CCCC2)cc1. The fourth-order valence-electron chi connectivity index (χ4n) is 6.69. The smallest absolute Gasteiger partial charge is 0.311 e. The summed E-state index contributed by atoms with van der Waals surface area (Å²) in [7, 11) is 1.56. The van der Waals surface area contributed by atoms with Gasteiger partial charge in [-0.1, -0.05) is 101 Å². The minimum Gasteiger partial charge on any atom is -0.461 e. The first-order chi connectivity index (χ1) is 26.3. The molecule has 4 rings (SSSR count). The predicted octanol–water partition coefficient (Wildman–Crippen LogP) is 10.4. The normalized spacial score (nSPS) is 14.9. The molecule has 2 fully saturated rings. The van der Waals surface area contributed by atoms with Gasteiger partial charge in [0.05, 0.1) is 12.3 Å². The molecule has 298 valence electrons. The molecule has 1 saturated carbocycles. The van der Waals surface area contributed by atoms with Gasteiger partial charge in [0.2, 0.25) is 0 Å². The van der Waals surface area contributed by atoms with E-state index < -0.39 is 0 Å². The first-order valence-electron chi connectivity index (χ1n) is 20.3. The number of rotatable bonds is 20. The summed E-state index contributed by atoms with van der Waals surface area (Å²) >= 11 is 0. The van der Waals surface area contributed by atoms with Gasteiger partial charge >= 0.3 is 11.9 Å². The van der Waals surface area contributed by atoms with Crippen LogP contribution in [0.5, 0.6) is 5.75 Å². The van der Waals surface area contributed by atoms with E-state index in [2.05, 4.69) is 41.2 Å². The molecule has 1 saturated heterocycles. The number of aryl methyl sites for hydroxylation is 2. The molecule has 0 unspecified atom stereocenters. The fourth-order valence-corrected chi connectivity index (χ4v) is 6.69. The van der Waals surface area contributed by atoms with Crippen LogP contribution in [0.25, 0.3) is 0 Å². The van der Waals surface area contributed by atoms with Gasteiger partial charge in [0, 0.05) is 62.3 Å². The molecule has 0 spiro atoms. The third-order valence-corrected chi connectivity index (χ3v) is 10.1. The number of aromatic nitrogens is 1. The maximum atomic E-state index is 12.2. The molecular weight excluding hydrogens is 679 g/mol. The second kappa shape index (κ2) is 28.6. The lowest BCUT2D eigenvalue weighted by atomic mass is 9.79. The first kappa shape index (κ1) is 46.4. The highest BCUT2D eigenvalue weighted by molar-refractivity contribution is 5.73. The number of benzene rings is 1. The Hall–Kier alpha value is -3.80. The molecule has 54 heavy (non-hydrogen) atoms. The van der Waals surface area contributed by atoms with E-state index in [1.165, 1.54) is 63.4 Å². The molecule has 8 heteroatoms. The molecule has 0 bridgehead atoms. The molecule has 2 aromatic rings. The van der Waals surface area contributed by atoms with Gasteiger partial charge in [-0.05, 0) is 70.3 Å². The number of pyridine rings is 1. The molecule has 1 aromatic heterocycles. The van der Waals surface area contributed by atoms with Crippen LogP contribution in [0.4, 0.5) is 0 Å². The van der Waals surface area contributed by atoms with Crippen molar-refractivity contribution in [3.63, 3.8) is 0 Å². The number of terminal acetylenes is 1. The summed E-state index contributed by atoms with van der Waals surface area (Å²) in [5.41, 5.74) is 3.21. The molecule has 1 aliphatic heterocycles. The van der Waals surface area contributed by atoms with Crippen molar-refractivity contribution in [2.45, 2.75) is 150 Å². The third-order valence-electron chi connectivity index (χ3n) is 10.1. The minimum atomic E-state index is -0.307. The number of aldehydes is 1. The Morgan fingerprint density at radius 2 is 1.72 bits per heavy atom. The lowest BCUT2D eigenvalue weighted by Gasteiger charge is -2.29. The molecule has 0 amide bonds. The van der Waals surface area contributed by atoms with E-state index in [-0.39, 0.29) is 30.6 Å². The van der Waals surface area contributed by atoms with Gasteiger partial charge in [0.1, 0.15) is 12.9 Å². The number of unbranched alkanes of at least 4 members (excludes halogenated alkanes) is 4. The largest absolute Gasteiger partial charge is 0.461 e. The van der Waals surface area contributed by atoms with Gasteiger partial charge in [-0.3, -0.25) is 14.6 Å². The van der Waals surface area contributed by atoms with Crippen molar-refractivity contribution in [2.24, 2.45) is 11.3 Å². The van der Waals surface area contributed by atoms with E-state index in [1.807, 2.05) is 26.0 Å². The molecule has 1 aliphatic carbocycles. The van der Waals surface area contributed by atoms with E-state index in [9.17, 15) is 14.4 Å². The van der Waals surface area contributed by atoms with Crippen LogP contribution in [0.1, 0.15) is 145 Å². The van der Waals surface area contributed by atoms with Crippen molar-refractivity contribution in [1.29, 1.82) is 0 Å². The number of methoxy groups -OCH3 is 1. The molecular formula is C46H67NO7. The predicted molar refractivity (Wildman–Crippen MR) is 216 cm³/mol. The molecule has 1 aromatic carbocycles. The highest BCUT2D eigenvalue weighted by Gasteiger charge is 2.31. The standard InChI is InChI=1S/C21H31NO5.C16H24.C9H12O2/c1-5-7-9-10-12-20(24)27-21-16(3)22-13-17(18(21)15-25-4)14-26-19(23)11-8-6-2;1-3-9-15(10-4-1)11-5-2-6-12-16-13-7-8-14-16;1-2-3-9(8-10)4-6-11-7-5-9/h5,7,13H,6,8-12,14-15H2,1-4H3;1,3-4,9-10,16H,2,5-8,11-14H2;1,8H,3-7H2/b7-5-;;. The van der Waals surface area contributed by atoms with Crippen LogP contribution in [0, 0.1) is 30.6 Å². The molecule has 2 heterocycles. The van der Waals surface area contributed by atoms with E-state index in [0.29, 0.717) is 55.0 Å². The number of hydrogen-bond acceptors (Lipinski definition) is 8. The number of ether oxygens (including phenoxy) is 4. The second-order valence-electron chi connectivity index (χ2n) is 14.5. The summed E-state index contributed by atoms with van der Waals surface area (Å²) in [6.45, 7) is 7.41. The fraction of sp³-hybridized carbons (Fsp3) is 0.609. The van der Waals surface area contributed by atoms with Crippen LogP contribution in [0.15, 0.2) is 48.7 Å². The highest BCUT2D eigenvalue weighted by Crippen LogP contribution is 2.31. The molecule has 2 aliphatic rings. The topological polar surface area (TPSA) is 101 Å². The number of carbonyl (C=O) groups excluding carboxylic acids is 3. The summed E-state index contributed by atoms with van der Waals surface area (Å²) < 4.78 is 21.3. The summed E-state index contributed by atoms with van der Waals surface area (Å²) in [5, 5.41) is 0. The van der Waals surface area contributed by atoms with E-state index in [1.54, 1.807) is 20.2 Å². The lowest BCUT2D eigenvalue weighted by molar-refractivity contribution is -0.145. The zero-order chi connectivity index (χ0) is 39.3. The monoisotopic (exact) mass is 745 g/mol. The Morgan fingerprint density at radius 3 is 2.37 bits per heavy atom. The van der Waals surface area contributed by atoms with Crippen LogP contribution in [-0.2, 0) is 48.2 Å². The number of allylic oxidation sites excluding steroid dienone is 2. The Kier molecular flexibility index (Phi) is 24.6. The van der Waals surface area contributed by atoms with Gasteiger partial charge in [0.25, 0.3) is 0 Å². The lowest BCUT2D eigenvalue weighted by Crippen LogP contribution is -2.30. The van der Waals surface area contributed by atoms with Crippen LogP contribution in [-0.4, -0.2) is 43.5 Å². The molecule has 0 N–H and O–H groups in total. The van der Waals surface area contributed by atoms with Crippen molar-refractivity contribution in [1.82, 2.24) is 4.98 Å². The molecule has 0 atom stereocenters. The van der Waals surface area contributed by atoms with Gasteiger partial charge in [0.15, 0.2) is 5.75 Å². The first-order valence-corrected chi connectivity index (χ1v) is 20.3. The number of hydrogen-bond donors (Lipinski definition) is 0. The zero-order valence-electron chi connectivity index (χ0n) is 33.7. The number of carbonyl (C=O) groups is 3. The zero-order valence-corrected chi connectivity index (χ0v) is 33.7. The quantitative estimate of drug-likeness (QED) is 0.0434. The molecule has 8 nitrogen and oxygen atoms in total. The van der Waals surface area contributed by atoms with E-state index in [4.69, 9.17) is 25.4 Å². The van der Waals surface area contributed by atoms with Crippen LogP contribution >= 0.6 is 0 Å². The summed E-state index contributed by atoms with van der Waals surface area (Å²) in [6.07, 6.45) is 30.9. The second-order valence-corrected chi connectivity index (χ2v) is 14.5. The van der Waals surface area contributed by atoms with Crippen molar-refractivity contribution >= 4 is 18.2 Å². The van der Waals surface area contributed by atoms with Crippen LogP contribution in [0.2, 0.25) is 0 Å². The summed E-state index contributed by atoms with van der Waals surface area (Å²) in [6, 6.07) is 10.9. The van der Waals surface area contributed by atoms with Gasteiger partial charge < -0.3 is 23.7 Å².